The standard InChI is InChI=1S/C18H21NO/c1-19(2)16-8-5-7-14(11-16)18(20)12-15-10-13-6-3-4-9-17(13)15/h3-9,11,15,18,20H,10,12H2,1-2H3. The van der Waals surface area contributed by atoms with Gasteiger partial charge in [-0.1, -0.05) is 36.4 Å². The van der Waals surface area contributed by atoms with Crippen LogP contribution in [0.2, 0.25) is 0 Å². The van der Waals surface area contributed by atoms with E-state index >= 15 is 0 Å². The zero-order valence-electron chi connectivity index (χ0n) is 12.1. The van der Waals surface area contributed by atoms with Crippen LogP contribution >= 0.6 is 0 Å². The molecule has 2 unspecified atom stereocenters. The highest BCUT2D eigenvalue weighted by molar-refractivity contribution is 5.48. The molecule has 104 valence electrons. The smallest absolute Gasteiger partial charge is 0.0796 e. The fourth-order valence-corrected chi connectivity index (χ4v) is 2.99. The summed E-state index contributed by atoms with van der Waals surface area (Å²) < 4.78 is 0. The zero-order valence-corrected chi connectivity index (χ0v) is 12.1. The van der Waals surface area contributed by atoms with Gasteiger partial charge in [0.05, 0.1) is 6.10 Å². The fraction of sp³-hybridized carbons (Fsp3) is 0.333. The first-order chi connectivity index (χ1) is 9.65. The lowest BCUT2D eigenvalue weighted by atomic mass is 9.74. The van der Waals surface area contributed by atoms with Gasteiger partial charge in [-0.05, 0) is 47.6 Å². The molecule has 0 aromatic heterocycles. The Hall–Kier alpha value is -1.80. The number of hydrogen-bond acceptors (Lipinski definition) is 2. The van der Waals surface area contributed by atoms with Crippen molar-refractivity contribution < 1.29 is 5.11 Å². The number of fused-ring (bicyclic) bond motifs is 1. The largest absolute Gasteiger partial charge is 0.388 e. The van der Waals surface area contributed by atoms with Crippen molar-refractivity contribution in [3.05, 3.63) is 65.2 Å². The zero-order chi connectivity index (χ0) is 14.1. The number of benzene rings is 2. The molecule has 1 N–H and O–H groups in total. The number of hydrogen-bond donors (Lipinski definition) is 1. The molecule has 0 radical (unpaired) electrons. The Bertz CT molecular complexity index is 606. The number of aliphatic hydroxyl groups excluding tert-OH is 1. The predicted molar refractivity (Wildman–Crippen MR) is 83.2 cm³/mol. The predicted octanol–water partition coefficient (Wildman–Crippen LogP) is 3.52. The van der Waals surface area contributed by atoms with Crippen LogP contribution in [0.5, 0.6) is 0 Å². The third-order valence-electron chi connectivity index (χ3n) is 4.24. The molecule has 1 aliphatic rings. The summed E-state index contributed by atoms with van der Waals surface area (Å²) in [6, 6.07) is 16.7. The summed E-state index contributed by atoms with van der Waals surface area (Å²) in [5, 5.41) is 10.5. The normalized spacial score (nSPS) is 18.1. The summed E-state index contributed by atoms with van der Waals surface area (Å²) in [7, 11) is 4.04. The van der Waals surface area contributed by atoms with Crippen molar-refractivity contribution >= 4 is 5.69 Å². The molecular weight excluding hydrogens is 246 g/mol. The Balaban J connectivity index is 1.72. The lowest BCUT2D eigenvalue weighted by Crippen LogP contribution is -2.19. The first kappa shape index (κ1) is 13.2. The summed E-state index contributed by atoms with van der Waals surface area (Å²) in [5.41, 5.74) is 5.00. The van der Waals surface area contributed by atoms with E-state index in [1.807, 2.05) is 26.2 Å². The van der Waals surface area contributed by atoms with Crippen molar-refractivity contribution in [3.63, 3.8) is 0 Å². The van der Waals surface area contributed by atoms with Gasteiger partial charge in [0, 0.05) is 19.8 Å². The van der Waals surface area contributed by atoms with Gasteiger partial charge in [-0.3, -0.25) is 0 Å². The second kappa shape index (κ2) is 5.29. The molecule has 2 nitrogen and oxygen atoms in total. The summed E-state index contributed by atoms with van der Waals surface area (Å²) >= 11 is 0. The van der Waals surface area contributed by atoms with Crippen molar-refractivity contribution in [1.29, 1.82) is 0 Å². The van der Waals surface area contributed by atoms with Crippen LogP contribution in [0.15, 0.2) is 48.5 Å². The van der Waals surface area contributed by atoms with Crippen LogP contribution < -0.4 is 4.90 Å². The van der Waals surface area contributed by atoms with E-state index in [2.05, 4.69) is 41.3 Å². The van der Waals surface area contributed by atoms with Crippen molar-refractivity contribution in [2.75, 3.05) is 19.0 Å². The maximum absolute atomic E-state index is 10.5. The maximum Gasteiger partial charge on any atom is 0.0796 e. The first-order valence-corrected chi connectivity index (χ1v) is 7.18. The van der Waals surface area contributed by atoms with Crippen molar-refractivity contribution in [1.82, 2.24) is 0 Å². The lowest BCUT2D eigenvalue weighted by Gasteiger charge is -2.31. The molecule has 2 atom stereocenters. The lowest BCUT2D eigenvalue weighted by molar-refractivity contribution is 0.153. The minimum atomic E-state index is -0.381. The third-order valence-corrected chi connectivity index (χ3v) is 4.24. The van der Waals surface area contributed by atoms with Gasteiger partial charge in [0.25, 0.3) is 0 Å². The van der Waals surface area contributed by atoms with Gasteiger partial charge < -0.3 is 10.0 Å². The molecular formula is C18H21NO. The van der Waals surface area contributed by atoms with Crippen LogP contribution in [0.1, 0.15) is 35.1 Å². The van der Waals surface area contributed by atoms with E-state index in [4.69, 9.17) is 0 Å². The molecule has 0 saturated heterocycles. The second-order valence-electron chi connectivity index (χ2n) is 5.84. The van der Waals surface area contributed by atoms with E-state index in [1.165, 1.54) is 11.1 Å². The summed E-state index contributed by atoms with van der Waals surface area (Å²) in [4.78, 5) is 2.06. The van der Waals surface area contributed by atoms with Crippen LogP contribution in [0.4, 0.5) is 5.69 Å². The summed E-state index contributed by atoms with van der Waals surface area (Å²) in [6.07, 6.45) is 1.53. The highest BCUT2D eigenvalue weighted by Crippen LogP contribution is 2.40. The molecule has 3 rings (SSSR count). The van der Waals surface area contributed by atoms with Crippen LogP contribution in [-0.2, 0) is 6.42 Å². The van der Waals surface area contributed by atoms with Gasteiger partial charge in [0.1, 0.15) is 0 Å². The van der Waals surface area contributed by atoms with Gasteiger partial charge in [0.15, 0.2) is 0 Å². The van der Waals surface area contributed by atoms with Crippen LogP contribution in [-0.4, -0.2) is 19.2 Å². The minimum absolute atomic E-state index is 0.381. The first-order valence-electron chi connectivity index (χ1n) is 7.18. The molecule has 0 saturated carbocycles. The summed E-state index contributed by atoms with van der Waals surface area (Å²) in [6.45, 7) is 0. The fourth-order valence-electron chi connectivity index (χ4n) is 2.99. The highest BCUT2D eigenvalue weighted by Gasteiger charge is 2.27. The number of anilines is 1. The molecule has 0 heterocycles. The van der Waals surface area contributed by atoms with Crippen LogP contribution in [0.25, 0.3) is 0 Å². The van der Waals surface area contributed by atoms with E-state index in [0.29, 0.717) is 5.92 Å². The summed E-state index contributed by atoms with van der Waals surface area (Å²) in [5.74, 6) is 0.504. The number of aliphatic hydroxyl groups is 1. The Morgan fingerprint density at radius 1 is 1.15 bits per heavy atom. The van der Waals surface area contributed by atoms with Gasteiger partial charge in [-0.25, -0.2) is 0 Å². The third kappa shape index (κ3) is 2.44. The number of nitrogens with zero attached hydrogens (tertiary/aromatic N) is 1. The highest BCUT2D eigenvalue weighted by atomic mass is 16.3. The van der Waals surface area contributed by atoms with E-state index in [0.717, 1.165) is 24.1 Å². The number of rotatable bonds is 4. The average Bonchev–Trinajstić information content (AvgIpc) is 2.44. The van der Waals surface area contributed by atoms with Crippen molar-refractivity contribution in [2.24, 2.45) is 0 Å². The van der Waals surface area contributed by atoms with E-state index in [-0.39, 0.29) is 6.10 Å². The van der Waals surface area contributed by atoms with E-state index in [1.54, 1.807) is 0 Å². The van der Waals surface area contributed by atoms with Crippen LogP contribution in [0.3, 0.4) is 0 Å². The monoisotopic (exact) mass is 267 g/mol. The molecule has 2 aromatic carbocycles. The molecule has 0 fully saturated rings. The average molecular weight is 267 g/mol. The van der Waals surface area contributed by atoms with Crippen LogP contribution in [0, 0.1) is 0 Å². The topological polar surface area (TPSA) is 23.5 Å². The Kier molecular flexibility index (Phi) is 3.49. The SMILES string of the molecule is CN(C)c1cccc(C(O)CC2Cc3ccccc32)c1. The van der Waals surface area contributed by atoms with Gasteiger partial charge in [0.2, 0.25) is 0 Å². The molecule has 0 aliphatic heterocycles. The molecule has 0 bridgehead atoms. The molecule has 2 heteroatoms. The molecule has 1 aliphatic carbocycles. The Morgan fingerprint density at radius 3 is 2.70 bits per heavy atom. The quantitative estimate of drug-likeness (QED) is 0.916. The second-order valence-corrected chi connectivity index (χ2v) is 5.84. The Morgan fingerprint density at radius 2 is 1.95 bits per heavy atom. The van der Waals surface area contributed by atoms with Gasteiger partial charge in [-0.2, -0.15) is 0 Å². The van der Waals surface area contributed by atoms with Gasteiger partial charge in [-0.15, -0.1) is 0 Å². The minimum Gasteiger partial charge on any atom is -0.388 e. The Labute approximate surface area is 120 Å². The molecule has 20 heavy (non-hydrogen) atoms. The van der Waals surface area contributed by atoms with Crippen molar-refractivity contribution in [3.8, 4) is 0 Å². The van der Waals surface area contributed by atoms with Crippen molar-refractivity contribution in [2.45, 2.75) is 24.9 Å². The maximum atomic E-state index is 10.5. The van der Waals surface area contributed by atoms with E-state index < -0.39 is 0 Å². The molecule has 0 amide bonds. The van der Waals surface area contributed by atoms with E-state index in [9.17, 15) is 5.11 Å². The molecule has 0 spiro atoms. The van der Waals surface area contributed by atoms with Gasteiger partial charge >= 0.3 is 0 Å². The molecule has 2 aromatic rings.